The zero-order chi connectivity index (χ0) is 14.4. The van der Waals surface area contributed by atoms with Gasteiger partial charge in [0.15, 0.2) is 0 Å². The Kier molecular flexibility index (Phi) is 5.35. The second-order valence-corrected chi connectivity index (χ2v) is 4.44. The fourth-order valence-corrected chi connectivity index (χ4v) is 1.53. The number of anilines is 1. The maximum absolute atomic E-state index is 11.2. The summed E-state index contributed by atoms with van der Waals surface area (Å²) in [6, 6.07) is 0.764. The Labute approximate surface area is 112 Å². The number of methoxy groups -OCH3 is 2. The van der Waals surface area contributed by atoms with Gasteiger partial charge in [0.1, 0.15) is 6.04 Å². The van der Waals surface area contributed by atoms with E-state index in [-0.39, 0.29) is 11.9 Å². The van der Waals surface area contributed by atoms with E-state index >= 15 is 0 Å². The number of nitrogens with one attached hydrogen (secondary N) is 1. The third-order valence-electron chi connectivity index (χ3n) is 2.41. The van der Waals surface area contributed by atoms with Crippen LogP contribution in [0.15, 0.2) is 6.07 Å². The Bertz CT molecular complexity index is 415. The summed E-state index contributed by atoms with van der Waals surface area (Å²) in [5.74, 6) is 0.0792. The van der Waals surface area contributed by atoms with E-state index in [4.69, 9.17) is 14.6 Å². The fourth-order valence-electron chi connectivity index (χ4n) is 1.53. The van der Waals surface area contributed by atoms with Crippen LogP contribution in [-0.2, 0) is 4.79 Å². The number of carboxylic acids is 1. The summed E-state index contributed by atoms with van der Waals surface area (Å²) in [5, 5.41) is 11.9. The first-order chi connectivity index (χ1) is 8.96. The average molecular weight is 269 g/mol. The summed E-state index contributed by atoms with van der Waals surface area (Å²) >= 11 is 0. The lowest BCUT2D eigenvalue weighted by Gasteiger charge is -2.16. The first-order valence-corrected chi connectivity index (χ1v) is 5.92. The van der Waals surface area contributed by atoms with Gasteiger partial charge < -0.3 is 19.9 Å². The zero-order valence-electron chi connectivity index (χ0n) is 11.5. The Balaban J connectivity index is 2.91. The number of hydrogen-bond acceptors (Lipinski definition) is 6. The van der Waals surface area contributed by atoms with Crippen LogP contribution in [0.4, 0.5) is 5.95 Å². The molecule has 0 fully saturated rings. The quantitative estimate of drug-likeness (QED) is 0.772. The van der Waals surface area contributed by atoms with Crippen molar-refractivity contribution in [3.63, 3.8) is 0 Å². The van der Waals surface area contributed by atoms with Crippen molar-refractivity contribution in [2.75, 3.05) is 19.5 Å². The van der Waals surface area contributed by atoms with E-state index in [9.17, 15) is 4.79 Å². The molecule has 1 rings (SSSR count). The predicted octanol–water partition coefficient (Wildman–Crippen LogP) is 1.41. The Morgan fingerprint density at radius 3 is 2.21 bits per heavy atom. The van der Waals surface area contributed by atoms with E-state index in [1.54, 1.807) is 0 Å². The first-order valence-electron chi connectivity index (χ1n) is 5.92. The molecular weight excluding hydrogens is 250 g/mol. The maximum atomic E-state index is 11.2. The van der Waals surface area contributed by atoms with Crippen LogP contribution >= 0.6 is 0 Å². The molecule has 1 aromatic rings. The van der Waals surface area contributed by atoms with E-state index in [1.165, 1.54) is 20.3 Å². The molecule has 0 bridgehead atoms. The van der Waals surface area contributed by atoms with Crippen LogP contribution in [0.2, 0.25) is 0 Å². The van der Waals surface area contributed by atoms with Crippen LogP contribution in [-0.4, -0.2) is 41.3 Å². The maximum Gasteiger partial charge on any atom is 0.326 e. The number of nitrogens with zero attached hydrogens (tertiary/aromatic N) is 2. The summed E-state index contributed by atoms with van der Waals surface area (Å²) in [7, 11) is 2.93. The Morgan fingerprint density at radius 1 is 1.32 bits per heavy atom. The normalized spacial score (nSPS) is 12.1. The highest BCUT2D eigenvalue weighted by Gasteiger charge is 2.20. The van der Waals surface area contributed by atoms with Gasteiger partial charge in [-0.25, -0.2) is 4.79 Å². The lowest BCUT2D eigenvalue weighted by atomic mass is 10.0. The SMILES string of the molecule is COc1cc(OC)nc(N[C@H](CC(C)C)C(=O)O)n1. The van der Waals surface area contributed by atoms with Crippen LogP contribution in [0.1, 0.15) is 20.3 Å². The largest absolute Gasteiger partial charge is 0.481 e. The van der Waals surface area contributed by atoms with Gasteiger partial charge in [-0.05, 0) is 12.3 Å². The fraction of sp³-hybridized carbons (Fsp3) is 0.583. The van der Waals surface area contributed by atoms with E-state index in [2.05, 4.69) is 15.3 Å². The van der Waals surface area contributed by atoms with Crippen molar-refractivity contribution in [3.8, 4) is 11.8 Å². The van der Waals surface area contributed by atoms with Crippen LogP contribution in [0.25, 0.3) is 0 Å². The van der Waals surface area contributed by atoms with Crippen LogP contribution in [0, 0.1) is 5.92 Å². The lowest BCUT2D eigenvalue weighted by Crippen LogP contribution is -2.31. The Morgan fingerprint density at radius 2 is 1.84 bits per heavy atom. The number of carboxylic acid groups (broad SMARTS) is 1. The number of rotatable bonds is 7. The monoisotopic (exact) mass is 269 g/mol. The number of carbonyl (C=O) groups is 1. The highest BCUT2D eigenvalue weighted by molar-refractivity contribution is 5.76. The summed E-state index contributed by atoms with van der Waals surface area (Å²) in [6.45, 7) is 3.90. The molecule has 0 aliphatic rings. The zero-order valence-corrected chi connectivity index (χ0v) is 11.5. The molecule has 0 unspecified atom stereocenters. The van der Waals surface area contributed by atoms with Crippen molar-refractivity contribution < 1.29 is 19.4 Å². The molecule has 19 heavy (non-hydrogen) atoms. The standard InChI is InChI=1S/C12H19N3O4/c1-7(2)5-8(11(16)17)13-12-14-9(18-3)6-10(15-12)19-4/h6-8H,5H2,1-4H3,(H,16,17)(H,13,14,15)/t8-/m1/s1. The van der Waals surface area contributed by atoms with Crippen molar-refractivity contribution >= 4 is 11.9 Å². The molecule has 7 nitrogen and oxygen atoms in total. The molecule has 2 N–H and O–H groups in total. The summed E-state index contributed by atoms with van der Waals surface area (Å²) in [5.41, 5.74) is 0. The van der Waals surface area contributed by atoms with E-state index in [1.807, 2.05) is 13.8 Å². The molecule has 106 valence electrons. The van der Waals surface area contributed by atoms with Gasteiger partial charge in [-0.3, -0.25) is 0 Å². The third-order valence-corrected chi connectivity index (χ3v) is 2.41. The van der Waals surface area contributed by atoms with Crippen molar-refractivity contribution in [1.29, 1.82) is 0 Å². The molecule has 0 radical (unpaired) electrons. The second kappa shape index (κ2) is 6.77. The topological polar surface area (TPSA) is 93.6 Å². The molecule has 0 spiro atoms. The molecule has 0 aliphatic carbocycles. The van der Waals surface area contributed by atoms with E-state index in [0.29, 0.717) is 18.2 Å². The minimum absolute atomic E-state index is 0.171. The van der Waals surface area contributed by atoms with Crippen molar-refractivity contribution in [2.45, 2.75) is 26.3 Å². The van der Waals surface area contributed by atoms with Crippen LogP contribution in [0.3, 0.4) is 0 Å². The minimum Gasteiger partial charge on any atom is -0.481 e. The van der Waals surface area contributed by atoms with Gasteiger partial charge >= 0.3 is 5.97 Å². The summed E-state index contributed by atoms with van der Waals surface area (Å²) < 4.78 is 10.0. The van der Waals surface area contributed by atoms with E-state index in [0.717, 1.165) is 0 Å². The number of hydrogen-bond donors (Lipinski definition) is 2. The minimum atomic E-state index is -0.945. The van der Waals surface area contributed by atoms with Crippen LogP contribution in [0.5, 0.6) is 11.8 Å². The molecule has 0 aliphatic heterocycles. The van der Waals surface area contributed by atoms with Gasteiger partial charge in [-0.2, -0.15) is 9.97 Å². The first kappa shape index (κ1) is 15.0. The number of aromatic nitrogens is 2. The van der Waals surface area contributed by atoms with Gasteiger partial charge in [-0.1, -0.05) is 13.8 Å². The molecule has 1 aromatic heterocycles. The van der Waals surface area contributed by atoms with Gasteiger partial charge in [0, 0.05) is 0 Å². The molecular formula is C12H19N3O4. The predicted molar refractivity (Wildman–Crippen MR) is 69.6 cm³/mol. The van der Waals surface area contributed by atoms with Crippen LogP contribution < -0.4 is 14.8 Å². The smallest absolute Gasteiger partial charge is 0.326 e. The summed E-state index contributed by atoms with van der Waals surface area (Å²) in [6.07, 6.45) is 0.470. The molecule has 7 heteroatoms. The van der Waals surface area contributed by atoms with Gasteiger partial charge in [-0.15, -0.1) is 0 Å². The summed E-state index contributed by atoms with van der Waals surface area (Å²) in [4.78, 5) is 19.3. The highest BCUT2D eigenvalue weighted by Crippen LogP contribution is 2.19. The van der Waals surface area contributed by atoms with Gasteiger partial charge in [0.2, 0.25) is 17.7 Å². The number of ether oxygens (including phenoxy) is 2. The van der Waals surface area contributed by atoms with Crippen molar-refractivity contribution in [1.82, 2.24) is 9.97 Å². The van der Waals surface area contributed by atoms with Gasteiger partial charge in [0.05, 0.1) is 20.3 Å². The van der Waals surface area contributed by atoms with Crippen molar-refractivity contribution in [2.24, 2.45) is 5.92 Å². The highest BCUT2D eigenvalue weighted by atomic mass is 16.5. The lowest BCUT2D eigenvalue weighted by molar-refractivity contribution is -0.138. The van der Waals surface area contributed by atoms with Gasteiger partial charge in [0.25, 0.3) is 0 Å². The Hall–Kier alpha value is -2.05. The molecule has 0 saturated heterocycles. The molecule has 0 saturated carbocycles. The van der Waals surface area contributed by atoms with Crippen molar-refractivity contribution in [3.05, 3.63) is 6.07 Å². The molecule has 0 aromatic carbocycles. The number of aliphatic carboxylic acids is 1. The van der Waals surface area contributed by atoms with E-state index < -0.39 is 12.0 Å². The molecule has 1 heterocycles. The average Bonchev–Trinajstić information content (AvgIpc) is 2.36. The molecule has 0 amide bonds. The second-order valence-electron chi connectivity index (χ2n) is 4.44. The molecule has 1 atom stereocenters. The third kappa shape index (κ3) is 4.61.